The van der Waals surface area contributed by atoms with Crippen molar-refractivity contribution in [3.63, 3.8) is 0 Å². The Morgan fingerprint density at radius 2 is 1.50 bits per heavy atom. The highest BCUT2D eigenvalue weighted by Gasteiger charge is 2.48. The molecule has 2 amide bonds. The summed E-state index contributed by atoms with van der Waals surface area (Å²) in [5.74, 6) is -0.174. The van der Waals surface area contributed by atoms with Crippen molar-refractivity contribution in [1.82, 2.24) is 30.0 Å². The van der Waals surface area contributed by atoms with Crippen molar-refractivity contribution in [1.29, 1.82) is 5.26 Å². The number of aliphatic hydroxyl groups excluding tert-OH is 1. The van der Waals surface area contributed by atoms with E-state index in [-0.39, 0.29) is 49.5 Å². The molecular formula is C65H78Cl2N8O10S. The van der Waals surface area contributed by atoms with Gasteiger partial charge in [0.05, 0.1) is 107 Å². The Bertz CT molecular complexity index is 3350. The number of benzene rings is 4. The van der Waals surface area contributed by atoms with Gasteiger partial charge in [-0.05, 0) is 86.9 Å². The van der Waals surface area contributed by atoms with E-state index in [4.69, 9.17) is 51.6 Å². The molecule has 18 nitrogen and oxygen atoms in total. The second kappa shape index (κ2) is 30.8. The summed E-state index contributed by atoms with van der Waals surface area (Å²) in [6.07, 6.45) is 6.33. The molecule has 0 bridgehead atoms. The lowest BCUT2D eigenvalue weighted by Gasteiger charge is -2.34. The highest BCUT2D eigenvalue weighted by molar-refractivity contribution is 7.13. The van der Waals surface area contributed by atoms with Gasteiger partial charge in [0.1, 0.15) is 24.2 Å². The van der Waals surface area contributed by atoms with E-state index < -0.39 is 24.0 Å². The Morgan fingerprint density at radius 1 is 0.791 bits per heavy atom. The molecule has 1 aliphatic carbocycles. The number of aliphatic hydroxyl groups is 1. The molecule has 86 heavy (non-hydrogen) atoms. The van der Waals surface area contributed by atoms with Crippen molar-refractivity contribution in [3.05, 3.63) is 116 Å². The number of fused-ring (bicyclic) bond motifs is 2. The second-order valence-corrected chi connectivity index (χ2v) is 24.1. The molecule has 6 aromatic rings. The number of amides is 2. The van der Waals surface area contributed by atoms with Crippen LogP contribution in [-0.2, 0) is 32.2 Å². The summed E-state index contributed by atoms with van der Waals surface area (Å²) >= 11 is 14.3. The quantitative estimate of drug-likeness (QED) is 0.0346. The number of Topliss-reactive ketones (excluding diaryl/α,β-unsaturated/α-hetero) is 1. The van der Waals surface area contributed by atoms with Gasteiger partial charge in [0.15, 0.2) is 17.3 Å². The number of nitrogens with one attached hydrogen (secondary N) is 2. The number of aromatic nitrogens is 2. The molecule has 2 aliphatic heterocycles. The number of nitriles is 1. The van der Waals surface area contributed by atoms with E-state index in [2.05, 4.69) is 36.5 Å². The van der Waals surface area contributed by atoms with Gasteiger partial charge in [0, 0.05) is 93.2 Å². The number of hydrogen-bond donors (Lipinski definition) is 3. The molecular weight excluding hydrogens is 1160 g/mol. The van der Waals surface area contributed by atoms with Crippen LogP contribution in [0.15, 0.2) is 78.4 Å². The molecule has 2 fully saturated rings. The highest BCUT2D eigenvalue weighted by atomic mass is 35.5. The number of thiazole rings is 1. The number of halogens is 2. The van der Waals surface area contributed by atoms with Gasteiger partial charge < -0.3 is 58.9 Å². The summed E-state index contributed by atoms with van der Waals surface area (Å²) in [5.41, 5.74) is 7.94. The van der Waals surface area contributed by atoms with Crippen LogP contribution in [0.4, 0.5) is 11.4 Å². The van der Waals surface area contributed by atoms with Crippen molar-refractivity contribution in [2.75, 3.05) is 98.4 Å². The van der Waals surface area contributed by atoms with Crippen molar-refractivity contribution in [3.8, 4) is 39.5 Å². The third-order valence-corrected chi connectivity index (χ3v) is 17.9. The lowest BCUT2D eigenvalue weighted by molar-refractivity contribution is -0.136. The first-order chi connectivity index (χ1) is 41.7. The largest absolute Gasteiger partial charge is 0.495 e. The minimum atomic E-state index is -0.803. The maximum Gasteiger partial charge on any atom is 0.255 e. The van der Waals surface area contributed by atoms with Crippen LogP contribution in [0.3, 0.4) is 0 Å². The normalized spacial score (nSPS) is 17.4. The van der Waals surface area contributed by atoms with Gasteiger partial charge in [-0.25, -0.2) is 4.98 Å². The van der Waals surface area contributed by atoms with Crippen LogP contribution < -0.4 is 29.6 Å². The van der Waals surface area contributed by atoms with Gasteiger partial charge in [-0.3, -0.25) is 19.4 Å². The van der Waals surface area contributed by atoms with E-state index in [0.29, 0.717) is 106 Å². The van der Waals surface area contributed by atoms with Crippen molar-refractivity contribution >= 4 is 74.4 Å². The molecule has 4 heterocycles. The summed E-state index contributed by atoms with van der Waals surface area (Å²) in [6, 6.07) is 21.7. The second-order valence-electron chi connectivity index (χ2n) is 22.5. The molecule has 4 aromatic carbocycles. The highest BCUT2D eigenvalue weighted by Crippen LogP contribution is 2.42. The van der Waals surface area contributed by atoms with E-state index in [1.807, 2.05) is 74.8 Å². The number of nitrogens with zero attached hydrogens (tertiary/aromatic N) is 6. The van der Waals surface area contributed by atoms with E-state index in [1.165, 1.54) is 13.3 Å². The smallest absolute Gasteiger partial charge is 0.255 e. The van der Waals surface area contributed by atoms with Crippen LogP contribution in [0.25, 0.3) is 21.3 Å². The summed E-state index contributed by atoms with van der Waals surface area (Å²) in [6.45, 7) is 15.2. The Morgan fingerprint density at radius 3 is 2.22 bits per heavy atom. The van der Waals surface area contributed by atoms with Crippen LogP contribution in [0, 0.1) is 36.0 Å². The maximum atomic E-state index is 14.4. The number of unbranched alkanes of at least 4 members (excludes halogenated alkanes) is 3. The molecule has 1 unspecified atom stereocenters. The number of ether oxygens (including phenoxy) is 6. The summed E-state index contributed by atoms with van der Waals surface area (Å²) in [5, 5.41) is 28.5. The Hall–Kier alpha value is -6.60. The fourth-order valence-corrected chi connectivity index (χ4v) is 13.1. The molecule has 2 aromatic heterocycles. The fourth-order valence-electron chi connectivity index (χ4n) is 11.8. The molecule has 9 rings (SSSR count). The first kappa shape index (κ1) is 63.9. The number of pyridine rings is 1. The number of carbonyl (C=O) groups is 3. The molecule has 0 spiro atoms. The summed E-state index contributed by atoms with van der Waals surface area (Å²) < 4.78 is 35.5. The van der Waals surface area contributed by atoms with E-state index in [1.54, 1.807) is 41.5 Å². The maximum absolute atomic E-state index is 14.4. The van der Waals surface area contributed by atoms with E-state index in [9.17, 15) is 24.8 Å². The molecule has 1 saturated heterocycles. The van der Waals surface area contributed by atoms with Crippen molar-refractivity contribution < 1.29 is 47.9 Å². The number of methoxy groups -OCH3 is 2. The van der Waals surface area contributed by atoms with E-state index in [0.717, 1.165) is 98.6 Å². The van der Waals surface area contributed by atoms with Gasteiger partial charge in [-0.1, -0.05) is 80.2 Å². The van der Waals surface area contributed by atoms with Gasteiger partial charge in [0.25, 0.3) is 5.91 Å². The fraction of sp³-hybridized carbons (Fsp3) is 0.477. The summed E-state index contributed by atoms with van der Waals surface area (Å²) in [4.78, 5) is 58.5. The van der Waals surface area contributed by atoms with Gasteiger partial charge >= 0.3 is 0 Å². The van der Waals surface area contributed by atoms with Crippen molar-refractivity contribution in [2.24, 2.45) is 17.8 Å². The van der Waals surface area contributed by atoms with Crippen LogP contribution in [-0.4, -0.2) is 153 Å². The first-order valence-electron chi connectivity index (χ1n) is 29.7. The van der Waals surface area contributed by atoms with Crippen LogP contribution >= 0.6 is 34.5 Å². The van der Waals surface area contributed by atoms with Crippen LogP contribution in [0.1, 0.15) is 91.5 Å². The monoisotopic (exact) mass is 1230 g/mol. The molecule has 21 heteroatoms. The molecule has 3 N–H and O–H groups in total. The predicted molar refractivity (Wildman–Crippen MR) is 334 cm³/mol. The number of ketones is 1. The Balaban J connectivity index is 0.637. The zero-order chi connectivity index (χ0) is 60.7. The average Bonchev–Trinajstić information content (AvgIpc) is 1.62. The Kier molecular flexibility index (Phi) is 22.9. The lowest BCUT2D eigenvalue weighted by Crippen LogP contribution is -2.49. The van der Waals surface area contributed by atoms with Crippen LogP contribution in [0.5, 0.6) is 23.0 Å². The Labute approximate surface area is 518 Å². The first-order valence-corrected chi connectivity index (χ1v) is 31.4. The minimum Gasteiger partial charge on any atom is -0.495 e. The third-order valence-electron chi connectivity index (χ3n) is 16.4. The van der Waals surface area contributed by atoms with E-state index >= 15 is 0 Å². The SMILES string of the molecule is COc1cc(Nc2c(C#N)cnc3cc(OCCCN4CCN(CCCCCCOCCOCCOc5cc(-c6scnc6C)ccc5CNC(=O)[C@@H]5C[C@@H](O)CC5C(=O)[C@H](C(C)C)N5Cc6ccccc6C5=O)CC4)c(OC)cc23)c(Cl)cc1Cl. The van der Waals surface area contributed by atoms with Gasteiger partial charge in [0.2, 0.25) is 5.91 Å². The minimum absolute atomic E-state index is 0.156. The van der Waals surface area contributed by atoms with Crippen molar-refractivity contribution in [2.45, 2.75) is 91.0 Å². The number of carbonyl (C=O) groups excluding carboxylic acids is 3. The average molecular weight is 1230 g/mol. The van der Waals surface area contributed by atoms with Crippen LogP contribution in [0.2, 0.25) is 10.0 Å². The number of rotatable bonds is 31. The topological polar surface area (TPSA) is 210 Å². The zero-order valence-electron chi connectivity index (χ0n) is 49.7. The number of piperazine rings is 1. The summed E-state index contributed by atoms with van der Waals surface area (Å²) in [7, 11) is 3.11. The van der Waals surface area contributed by atoms with Gasteiger partial charge in [-0.15, -0.1) is 11.3 Å². The molecule has 3 aliphatic rings. The number of hydrogen-bond acceptors (Lipinski definition) is 17. The number of aryl methyl sites for hydroxylation is 1. The molecule has 1 saturated carbocycles. The number of anilines is 2. The third kappa shape index (κ3) is 15.9. The zero-order valence-corrected chi connectivity index (χ0v) is 52.0. The molecule has 458 valence electrons. The van der Waals surface area contributed by atoms with Gasteiger partial charge in [-0.2, -0.15) is 5.26 Å². The standard InChI is InChI=1S/C65H78Cl2N8O10S/c1-41(2)61(75-39-45-13-8-9-14-48(45)65(75)79)62(77)49-30-47(76)31-50(49)64(78)70-37-44-16-15-43(63-42(3)71-40-86-63)29-56(44)85-28-27-83-26-25-82-23-11-7-6-10-17-73-19-21-74(22-20-73)18-12-24-84-59-34-54-51(32-58(59)81-5)60(46(36-68)38-69-54)72-55-35-57(80-4)53(67)33-52(55)66/h8-9,13-16,29,32-35,38,40-41,47,49-50,61,76H,6-7,10-12,17-28,30-31,37,39H2,1-5H3,(H,69,72)(H,70,78)/t47-,49?,50+,61-/m0/s1. The molecule has 4 atom stereocenters. The molecule has 0 radical (unpaired) electrons. The predicted octanol–water partition coefficient (Wildman–Crippen LogP) is 10.9. The lowest BCUT2D eigenvalue weighted by atomic mass is 9.83.